The van der Waals surface area contributed by atoms with Crippen molar-refractivity contribution in [2.75, 3.05) is 41.0 Å². The highest BCUT2D eigenvalue weighted by molar-refractivity contribution is 5.95. The summed E-state index contributed by atoms with van der Waals surface area (Å²) in [6, 6.07) is -0.823. The van der Waals surface area contributed by atoms with Crippen LogP contribution in [0.2, 0.25) is 0 Å². The molecular weight excluding hydrogens is 426 g/mol. The predicted molar refractivity (Wildman–Crippen MR) is 114 cm³/mol. The summed E-state index contributed by atoms with van der Waals surface area (Å²) < 4.78 is 19.7. The summed E-state index contributed by atoms with van der Waals surface area (Å²) in [4.78, 5) is 41.8. The second-order valence-electron chi connectivity index (χ2n) is 7.49. The van der Waals surface area contributed by atoms with Gasteiger partial charge >= 0.3 is 17.9 Å². The van der Waals surface area contributed by atoms with E-state index in [9.17, 15) is 19.5 Å². The number of ether oxygens (including phenoxy) is 4. The van der Waals surface area contributed by atoms with Gasteiger partial charge in [0.2, 0.25) is 5.76 Å². The number of oxime groups is 1. The topological polar surface area (TPSA) is 159 Å². The Hall–Kier alpha value is -2.96. The number of carbonyl (C=O) groups is 3. The van der Waals surface area contributed by atoms with Crippen LogP contribution < -0.4 is 5.73 Å². The van der Waals surface area contributed by atoms with Gasteiger partial charge in [-0.25, -0.2) is 9.59 Å². The zero-order valence-electron chi connectivity index (χ0n) is 19.3. The highest BCUT2D eigenvalue weighted by Gasteiger charge is 2.26. The van der Waals surface area contributed by atoms with Crippen molar-refractivity contribution in [3.63, 3.8) is 0 Å². The van der Waals surface area contributed by atoms with Crippen LogP contribution in [0.1, 0.15) is 20.8 Å². The number of methoxy groups -OCH3 is 2. The van der Waals surface area contributed by atoms with Crippen LogP contribution in [0, 0.1) is 0 Å². The van der Waals surface area contributed by atoms with Crippen LogP contribution in [0.5, 0.6) is 0 Å². The van der Waals surface area contributed by atoms with Gasteiger partial charge in [-0.2, -0.15) is 0 Å². The van der Waals surface area contributed by atoms with Crippen LogP contribution in [0.3, 0.4) is 0 Å². The minimum Gasteiger partial charge on any atom is -0.466 e. The maximum atomic E-state index is 12.2. The zero-order chi connectivity index (χ0) is 24.9. The first-order valence-electron chi connectivity index (χ1n) is 9.53. The van der Waals surface area contributed by atoms with Crippen LogP contribution in [-0.4, -0.2) is 92.5 Å². The lowest BCUT2D eigenvalue weighted by Crippen LogP contribution is -2.48. The van der Waals surface area contributed by atoms with Gasteiger partial charge in [0.1, 0.15) is 5.60 Å². The molecule has 0 rings (SSSR count). The number of nitrogens with zero attached hydrogens (tertiary/aromatic N) is 2. The second-order valence-corrected chi connectivity index (χ2v) is 7.49. The maximum absolute atomic E-state index is 12.2. The Labute approximate surface area is 187 Å². The van der Waals surface area contributed by atoms with E-state index in [4.69, 9.17) is 20.0 Å². The summed E-state index contributed by atoms with van der Waals surface area (Å²) >= 11 is 0. The number of aliphatic hydroxyl groups excluding tert-OH is 1. The van der Waals surface area contributed by atoms with Crippen LogP contribution >= 0.6 is 0 Å². The quantitative estimate of drug-likeness (QED) is 0.0544. The van der Waals surface area contributed by atoms with E-state index in [0.717, 1.165) is 20.3 Å². The number of carbonyl (C=O) groups excluding carboxylic acids is 3. The number of amidine groups is 1. The smallest absolute Gasteiger partial charge is 0.377 e. The first kappa shape index (κ1) is 29.0. The van der Waals surface area contributed by atoms with Gasteiger partial charge in [-0.3, -0.25) is 9.69 Å². The van der Waals surface area contributed by atoms with Crippen LogP contribution in [0.25, 0.3) is 0 Å². The third kappa shape index (κ3) is 12.0. The molecule has 0 saturated heterocycles. The van der Waals surface area contributed by atoms with Crippen LogP contribution in [0.4, 0.5) is 0 Å². The summed E-state index contributed by atoms with van der Waals surface area (Å²) in [5.74, 6) is -3.15. The predicted octanol–water partition coefficient (Wildman–Crippen LogP) is -0.289. The number of aliphatic hydroxyl groups is 1. The van der Waals surface area contributed by atoms with Gasteiger partial charge in [-0.15, -0.1) is 6.58 Å². The summed E-state index contributed by atoms with van der Waals surface area (Å²) in [5.41, 5.74) is 5.31. The summed E-state index contributed by atoms with van der Waals surface area (Å²) in [5, 5.41) is 13.2. The van der Waals surface area contributed by atoms with E-state index in [1.807, 2.05) is 0 Å². The van der Waals surface area contributed by atoms with Crippen molar-refractivity contribution in [1.29, 1.82) is 0 Å². The molecule has 0 saturated carbocycles. The average Bonchev–Trinajstić information content (AvgIpc) is 2.71. The van der Waals surface area contributed by atoms with E-state index in [-0.39, 0.29) is 25.6 Å². The fourth-order valence-electron chi connectivity index (χ4n) is 2.05. The van der Waals surface area contributed by atoms with E-state index in [0.29, 0.717) is 0 Å². The molecular formula is C20H33N3O9. The Morgan fingerprint density at radius 2 is 1.81 bits per heavy atom. The van der Waals surface area contributed by atoms with Crippen molar-refractivity contribution in [1.82, 2.24) is 4.90 Å². The molecule has 0 fully saturated rings. The first-order chi connectivity index (χ1) is 14.8. The molecule has 12 heteroatoms. The normalized spacial score (nSPS) is 14.4. The number of hydrogen-bond acceptors (Lipinski definition) is 11. The second kappa shape index (κ2) is 14.2. The van der Waals surface area contributed by atoms with Crippen LogP contribution in [0.15, 0.2) is 29.6 Å². The Morgan fingerprint density at radius 1 is 1.19 bits per heavy atom. The van der Waals surface area contributed by atoms with E-state index in [1.54, 1.807) is 27.8 Å². The molecule has 0 bridgehead atoms. The summed E-state index contributed by atoms with van der Waals surface area (Å²) in [6.45, 7) is 8.29. The van der Waals surface area contributed by atoms with Gasteiger partial charge in [0.05, 0.1) is 52.2 Å². The molecule has 0 aliphatic carbocycles. The molecule has 0 amide bonds. The summed E-state index contributed by atoms with van der Waals surface area (Å²) in [6.07, 6.45) is 1.12. The molecule has 0 aliphatic heterocycles. The lowest BCUT2D eigenvalue weighted by molar-refractivity contribution is -0.156. The molecule has 32 heavy (non-hydrogen) atoms. The molecule has 0 aromatic heterocycles. The Balaban J connectivity index is 5.57. The molecule has 0 aromatic carbocycles. The summed E-state index contributed by atoms with van der Waals surface area (Å²) in [7, 11) is 3.76. The molecule has 0 aliphatic rings. The zero-order valence-corrected chi connectivity index (χ0v) is 19.3. The van der Waals surface area contributed by atoms with Crippen molar-refractivity contribution < 1.29 is 43.3 Å². The van der Waals surface area contributed by atoms with E-state index >= 15 is 0 Å². The number of esters is 3. The molecule has 182 valence electrons. The lowest BCUT2D eigenvalue weighted by Gasteiger charge is -2.28. The molecule has 2 unspecified atom stereocenters. The average molecular weight is 459 g/mol. The highest BCUT2D eigenvalue weighted by Crippen LogP contribution is 2.09. The van der Waals surface area contributed by atoms with Crippen molar-refractivity contribution in [2.45, 2.75) is 38.5 Å². The molecule has 0 radical (unpaired) electrons. The lowest BCUT2D eigenvalue weighted by atomic mass is 10.2. The third-order valence-electron chi connectivity index (χ3n) is 3.59. The van der Waals surface area contributed by atoms with Gasteiger partial charge in [-0.1, -0.05) is 11.2 Å². The minimum atomic E-state index is -0.990. The Bertz CT molecular complexity index is 714. The number of rotatable bonds is 13. The number of nitrogens with two attached hydrogens (primary N) is 1. The van der Waals surface area contributed by atoms with Crippen LogP contribution in [-0.2, 0) is 38.2 Å². The fourth-order valence-corrected chi connectivity index (χ4v) is 2.05. The van der Waals surface area contributed by atoms with Gasteiger partial charge < -0.3 is 34.6 Å². The Kier molecular flexibility index (Phi) is 12.9. The van der Waals surface area contributed by atoms with Crippen molar-refractivity contribution in [2.24, 2.45) is 10.9 Å². The monoisotopic (exact) mass is 459 g/mol. The highest BCUT2D eigenvalue weighted by atomic mass is 16.7. The third-order valence-corrected chi connectivity index (χ3v) is 3.59. The van der Waals surface area contributed by atoms with Crippen molar-refractivity contribution >= 4 is 23.7 Å². The minimum absolute atomic E-state index is 0.0793. The number of likely N-dealkylation sites (N-methyl/N-ethyl adjacent to an activating group) is 1. The molecule has 3 N–H and O–H groups in total. The molecule has 0 spiro atoms. The van der Waals surface area contributed by atoms with E-state index in [2.05, 4.69) is 21.2 Å². The number of hydrogen-bond donors (Lipinski definition) is 2. The fraction of sp³-hybridized carbons (Fsp3) is 0.600. The van der Waals surface area contributed by atoms with E-state index in [1.165, 1.54) is 11.0 Å². The molecule has 2 atom stereocenters. The SMILES string of the molecule is C=CC(O)COCC(C(N)=NOC(=CC(=O)OC)C(=O)OC)N(C)CC(=O)OC(C)(C)C. The molecule has 12 nitrogen and oxygen atoms in total. The molecule has 0 aromatic rings. The van der Waals surface area contributed by atoms with Gasteiger partial charge in [-0.05, 0) is 27.8 Å². The van der Waals surface area contributed by atoms with Gasteiger partial charge in [0.25, 0.3) is 0 Å². The van der Waals surface area contributed by atoms with Gasteiger partial charge in [0.15, 0.2) is 5.84 Å². The Morgan fingerprint density at radius 3 is 2.31 bits per heavy atom. The standard InChI is InChI=1S/C20H33N3O9/c1-8-13(24)11-30-12-14(23(5)10-17(26)31-20(2,3)4)18(21)22-32-15(19(27)29-7)9-16(25)28-6/h8-9,13-14,24H,1,10-12H2,2-7H3,(H2,21,22). The van der Waals surface area contributed by atoms with Crippen molar-refractivity contribution in [3.05, 3.63) is 24.5 Å². The largest absolute Gasteiger partial charge is 0.466 e. The van der Waals surface area contributed by atoms with Crippen molar-refractivity contribution in [3.8, 4) is 0 Å². The van der Waals surface area contributed by atoms with Gasteiger partial charge in [0, 0.05) is 0 Å². The van der Waals surface area contributed by atoms with E-state index < -0.39 is 41.4 Å². The first-order valence-corrected chi connectivity index (χ1v) is 9.53. The molecule has 0 heterocycles. The maximum Gasteiger partial charge on any atom is 0.377 e.